The van der Waals surface area contributed by atoms with Gasteiger partial charge in [0, 0.05) is 26.2 Å². The molecule has 0 aromatic heterocycles. The summed E-state index contributed by atoms with van der Waals surface area (Å²) >= 11 is 0. The number of carbonyl (C=O) groups excluding carboxylic acids is 2. The molecule has 0 aromatic rings. The number of ether oxygens (including phenoxy) is 1. The minimum atomic E-state index is -2.63. The zero-order chi connectivity index (χ0) is 17.4. The van der Waals surface area contributed by atoms with E-state index in [0.29, 0.717) is 6.54 Å². The van der Waals surface area contributed by atoms with Crippen LogP contribution in [0.5, 0.6) is 0 Å². The molecule has 0 saturated carbocycles. The number of hydrogen-bond donors (Lipinski definition) is 1. The van der Waals surface area contributed by atoms with Gasteiger partial charge in [-0.05, 0) is 33.1 Å². The van der Waals surface area contributed by atoms with Crippen molar-refractivity contribution in [3.8, 4) is 0 Å². The molecule has 0 spiro atoms. The van der Waals surface area contributed by atoms with E-state index in [1.807, 2.05) is 6.92 Å². The molecule has 1 fully saturated rings. The molecule has 1 N–H and O–H groups in total. The van der Waals surface area contributed by atoms with E-state index in [-0.39, 0.29) is 25.1 Å². The molecule has 1 aliphatic rings. The number of likely N-dealkylation sites (tertiary alicyclic amines) is 1. The Morgan fingerprint density at radius 3 is 2.65 bits per heavy atom. The van der Waals surface area contributed by atoms with Gasteiger partial charge >= 0.3 is 6.03 Å². The van der Waals surface area contributed by atoms with Gasteiger partial charge in [0.2, 0.25) is 5.91 Å². The second kappa shape index (κ2) is 9.64. The highest BCUT2D eigenvalue weighted by Crippen LogP contribution is 2.17. The van der Waals surface area contributed by atoms with Crippen molar-refractivity contribution in [3.05, 3.63) is 0 Å². The number of nitrogens with one attached hydrogen (secondary N) is 1. The molecular weight excluding hydrogens is 308 g/mol. The Morgan fingerprint density at radius 2 is 2.09 bits per heavy atom. The Hall–Kier alpha value is -1.44. The molecule has 6 nitrogen and oxygen atoms in total. The number of methoxy groups -OCH3 is 1. The molecule has 0 aromatic carbocycles. The van der Waals surface area contributed by atoms with E-state index in [2.05, 4.69) is 5.32 Å². The maximum atomic E-state index is 12.6. The lowest BCUT2D eigenvalue weighted by atomic mass is 10.0. The lowest BCUT2D eigenvalue weighted by Crippen LogP contribution is -2.54. The number of rotatable bonds is 7. The second-order valence-electron chi connectivity index (χ2n) is 5.88. The Morgan fingerprint density at radius 1 is 1.39 bits per heavy atom. The Bertz CT molecular complexity index is 396. The van der Waals surface area contributed by atoms with Gasteiger partial charge in [-0.15, -0.1) is 0 Å². The topological polar surface area (TPSA) is 61.9 Å². The summed E-state index contributed by atoms with van der Waals surface area (Å²) in [5, 5.41) is 2.52. The van der Waals surface area contributed by atoms with Gasteiger partial charge in [-0.25, -0.2) is 13.6 Å². The zero-order valence-electron chi connectivity index (χ0n) is 14.1. The quantitative estimate of drug-likeness (QED) is 0.770. The first-order valence-corrected chi connectivity index (χ1v) is 7.99. The van der Waals surface area contributed by atoms with E-state index in [0.717, 1.165) is 24.2 Å². The summed E-state index contributed by atoms with van der Waals surface area (Å²) in [6, 6.07) is -1.28. The molecule has 1 rings (SSSR count). The summed E-state index contributed by atoms with van der Waals surface area (Å²) in [4.78, 5) is 27.3. The number of halogens is 2. The molecule has 23 heavy (non-hydrogen) atoms. The van der Waals surface area contributed by atoms with Crippen LogP contribution >= 0.6 is 0 Å². The zero-order valence-corrected chi connectivity index (χ0v) is 14.1. The number of alkyl halides is 2. The lowest BCUT2D eigenvalue weighted by Gasteiger charge is -2.35. The van der Waals surface area contributed by atoms with Gasteiger partial charge in [-0.1, -0.05) is 0 Å². The third kappa shape index (κ3) is 6.29. The van der Waals surface area contributed by atoms with Crippen molar-refractivity contribution in [2.75, 3.05) is 33.4 Å². The molecule has 8 heteroatoms. The Kier molecular flexibility index (Phi) is 8.22. The fourth-order valence-corrected chi connectivity index (χ4v) is 2.66. The standard InChI is InChI=1S/C15H27F2N3O3/c1-11-6-4-5-7-20(11)14(21)12(2)18-15(22)19(8-9-23-3)10-13(16)17/h11-13H,4-10H2,1-3H3,(H,18,22)/t11-,12-/m1/s1. The van der Waals surface area contributed by atoms with Crippen LogP contribution in [0.25, 0.3) is 0 Å². The van der Waals surface area contributed by atoms with Gasteiger partial charge < -0.3 is 19.9 Å². The van der Waals surface area contributed by atoms with E-state index >= 15 is 0 Å². The summed E-state index contributed by atoms with van der Waals surface area (Å²) in [5.41, 5.74) is 0. The van der Waals surface area contributed by atoms with Gasteiger partial charge in [-0.2, -0.15) is 0 Å². The van der Waals surface area contributed by atoms with Crippen LogP contribution in [0.3, 0.4) is 0 Å². The molecule has 2 atom stereocenters. The molecule has 0 unspecified atom stereocenters. The van der Waals surface area contributed by atoms with Crippen LogP contribution in [0.4, 0.5) is 13.6 Å². The third-order valence-corrected chi connectivity index (χ3v) is 4.01. The molecule has 0 aliphatic carbocycles. The van der Waals surface area contributed by atoms with Crippen molar-refractivity contribution in [2.45, 2.75) is 51.6 Å². The van der Waals surface area contributed by atoms with Gasteiger partial charge in [0.1, 0.15) is 6.04 Å². The van der Waals surface area contributed by atoms with Crippen LogP contribution in [0.15, 0.2) is 0 Å². The first-order chi connectivity index (χ1) is 10.9. The van der Waals surface area contributed by atoms with E-state index < -0.39 is 25.0 Å². The lowest BCUT2D eigenvalue weighted by molar-refractivity contribution is -0.136. The van der Waals surface area contributed by atoms with Crippen LogP contribution in [0.1, 0.15) is 33.1 Å². The number of carbonyl (C=O) groups is 2. The largest absolute Gasteiger partial charge is 0.383 e. The second-order valence-corrected chi connectivity index (χ2v) is 5.88. The predicted octanol–water partition coefficient (Wildman–Crippen LogP) is 1.70. The van der Waals surface area contributed by atoms with Gasteiger partial charge in [0.15, 0.2) is 0 Å². The highest BCUT2D eigenvalue weighted by Gasteiger charge is 2.29. The Balaban J connectivity index is 2.59. The van der Waals surface area contributed by atoms with Gasteiger partial charge in [0.25, 0.3) is 6.43 Å². The summed E-state index contributed by atoms with van der Waals surface area (Å²) in [6.45, 7) is 3.76. The SMILES string of the molecule is COCCN(CC(F)F)C(=O)N[C@H](C)C(=O)N1CCCC[C@H]1C. The first-order valence-electron chi connectivity index (χ1n) is 7.99. The minimum absolute atomic E-state index is 0.0493. The van der Waals surface area contributed by atoms with E-state index in [4.69, 9.17) is 4.74 Å². The number of piperidine rings is 1. The summed E-state index contributed by atoms with van der Waals surface area (Å²) in [7, 11) is 1.43. The molecule has 0 bridgehead atoms. The first kappa shape index (κ1) is 19.6. The Labute approximate surface area is 136 Å². The minimum Gasteiger partial charge on any atom is -0.383 e. The van der Waals surface area contributed by atoms with Crippen LogP contribution < -0.4 is 5.32 Å². The van der Waals surface area contributed by atoms with Gasteiger partial charge in [-0.3, -0.25) is 4.79 Å². The van der Waals surface area contributed by atoms with E-state index in [1.54, 1.807) is 11.8 Å². The molecule has 1 aliphatic heterocycles. The van der Waals surface area contributed by atoms with Gasteiger partial charge in [0.05, 0.1) is 13.2 Å². The smallest absolute Gasteiger partial charge is 0.318 e. The number of nitrogens with zero attached hydrogens (tertiary/aromatic N) is 2. The van der Waals surface area contributed by atoms with Crippen LogP contribution in [-0.2, 0) is 9.53 Å². The normalized spacial score (nSPS) is 19.6. The average Bonchev–Trinajstić information content (AvgIpc) is 2.50. The number of urea groups is 1. The highest BCUT2D eigenvalue weighted by atomic mass is 19.3. The monoisotopic (exact) mass is 335 g/mol. The van der Waals surface area contributed by atoms with Crippen molar-refractivity contribution in [1.82, 2.24) is 15.1 Å². The molecular formula is C15H27F2N3O3. The molecule has 134 valence electrons. The van der Waals surface area contributed by atoms with Crippen molar-refractivity contribution in [1.29, 1.82) is 0 Å². The van der Waals surface area contributed by atoms with Crippen LogP contribution in [-0.4, -0.2) is 73.6 Å². The molecule has 0 radical (unpaired) electrons. The number of hydrogen-bond acceptors (Lipinski definition) is 3. The van der Waals surface area contributed by atoms with E-state index in [9.17, 15) is 18.4 Å². The summed E-state index contributed by atoms with van der Waals surface area (Å²) in [5.74, 6) is -0.172. The maximum absolute atomic E-state index is 12.6. The van der Waals surface area contributed by atoms with Crippen molar-refractivity contribution >= 4 is 11.9 Å². The van der Waals surface area contributed by atoms with Crippen LogP contribution in [0, 0.1) is 0 Å². The highest BCUT2D eigenvalue weighted by molar-refractivity contribution is 5.87. The maximum Gasteiger partial charge on any atom is 0.318 e. The molecule has 1 heterocycles. The number of amides is 3. The average molecular weight is 335 g/mol. The van der Waals surface area contributed by atoms with Crippen molar-refractivity contribution in [3.63, 3.8) is 0 Å². The molecule has 1 saturated heterocycles. The summed E-state index contributed by atoms with van der Waals surface area (Å²) in [6.07, 6.45) is 0.343. The van der Waals surface area contributed by atoms with Crippen LogP contribution in [0.2, 0.25) is 0 Å². The fourth-order valence-electron chi connectivity index (χ4n) is 2.66. The van der Waals surface area contributed by atoms with E-state index in [1.165, 1.54) is 7.11 Å². The fraction of sp³-hybridized carbons (Fsp3) is 0.867. The van der Waals surface area contributed by atoms with Crippen molar-refractivity contribution in [2.24, 2.45) is 0 Å². The van der Waals surface area contributed by atoms with Crippen molar-refractivity contribution < 1.29 is 23.1 Å². The summed E-state index contributed by atoms with van der Waals surface area (Å²) < 4.78 is 30.0. The third-order valence-electron chi connectivity index (χ3n) is 4.01. The predicted molar refractivity (Wildman–Crippen MR) is 82.5 cm³/mol. The molecule has 3 amide bonds.